The molecule has 0 spiro atoms. The third kappa shape index (κ3) is 4.87. The summed E-state index contributed by atoms with van der Waals surface area (Å²) in [5.41, 5.74) is 0.666. The van der Waals surface area contributed by atoms with Crippen molar-refractivity contribution >= 4 is 17.6 Å². The molecular weight excluding hydrogens is 276 g/mol. The van der Waals surface area contributed by atoms with Crippen LogP contribution >= 0.6 is 0 Å². The van der Waals surface area contributed by atoms with Crippen molar-refractivity contribution in [3.05, 3.63) is 39.9 Å². The first-order valence-corrected chi connectivity index (χ1v) is 6.46. The summed E-state index contributed by atoms with van der Waals surface area (Å²) in [5, 5.41) is 13.2. The highest BCUT2D eigenvalue weighted by molar-refractivity contribution is 5.85. The molecule has 1 aromatic carbocycles. The average molecular weight is 294 g/mol. The van der Waals surface area contributed by atoms with Crippen LogP contribution in [0.3, 0.4) is 0 Å². The smallest absolute Gasteiger partial charge is 0.328 e. The van der Waals surface area contributed by atoms with Crippen LogP contribution in [0.1, 0.15) is 19.4 Å². The first kappa shape index (κ1) is 16.6. The fourth-order valence-corrected chi connectivity index (χ4v) is 1.66. The number of non-ortho nitro benzene ring substituents is 1. The second-order valence-corrected chi connectivity index (χ2v) is 4.87. The van der Waals surface area contributed by atoms with E-state index in [-0.39, 0.29) is 23.9 Å². The Bertz CT molecular complexity index is 525. The first-order valence-electron chi connectivity index (χ1n) is 6.46. The molecule has 0 aliphatic carbocycles. The lowest BCUT2D eigenvalue weighted by atomic mass is 10.0. The van der Waals surface area contributed by atoms with Crippen molar-refractivity contribution in [1.82, 2.24) is 5.32 Å². The van der Waals surface area contributed by atoms with E-state index in [1.54, 1.807) is 26.0 Å². The number of hydrogen-bond donors (Lipinski definition) is 1. The predicted octanol–water partition coefficient (Wildman–Crippen LogP) is 1.45. The molecule has 0 fully saturated rings. The minimum Gasteiger partial charge on any atom is -0.467 e. The largest absolute Gasteiger partial charge is 0.467 e. The van der Waals surface area contributed by atoms with Crippen molar-refractivity contribution < 1.29 is 19.2 Å². The van der Waals surface area contributed by atoms with Crippen LogP contribution in [0.15, 0.2) is 24.3 Å². The Labute approximate surface area is 122 Å². The van der Waals surface area contributed by atoms with Crippen LogP contribution < -0.4 is 5.32 Å². The summed E-state index contributed by atoms with van der Waals surface area (Å²) in [6.45, 7) is 3.44. The molecular formula is C14H18N2O5. The van der Waals surface area contributed by atoms with Gasteiger partial charge in [0.25, 0.3) is 5.69 Å². The molecule has 0 saturated heterocycles. The Morgan fingerprint density at radius 2 is 1.86 bits per heavy atom. The summed E-state index contributed by atoms with van der Waals surface area (Å²) in [7, 11) is 1.24. The van der Waals surface area contributed by atoms with Crippen LogP contribution in [0, 0.1) is 16.0 Å². The number of rotatable bonds is 6. The van der Waals surface area contributed by atoms with E-state index in [4.69, 9.17) is 0 Å². The molecule has 0 aliphatic rings. The molecule has 1 amide bonds. The molecule has 1 aromatic rings. The predicted molar refractivity (Wildman–Crippen MR) is 75.6 cm³/mol. The summed E-state index contributed by atoms with van der Waals surface area (Å²) in [5.74, 6) is -1.07. The maximum absolute atomic E-state index is 11.7. The molecule has 21 heavy (non-hydrogen) atoms. The second kappa shape index (κ2) is 7.37. The SMILES string of the molecule is COC(=O)[C@H](Cc1ccc([N+](=O)[O-])cc1)NC(=O)C(C)C. The van der Waals surface area contributed by atoms with E-state index in [1.165, 1.54) is 19.2 Å². The van der Waals surface area contributed by atoms with Gasteiger partial charge in [-0.2, -0.15) is 0 Å². The van der Waals surface area contributed by atoms with Crippen molar-refractivity contribution in [2.75, 3.05) is 7.11 Å². The maximum atomic E-state index is 11.7. The van der Waals surface area contributed by atoms with Crippen molar-refractivity contribution in [2.45, 2.75) is 26.3 Å². The number of nitrogens with one attached hydrogen (secondary N) is 1. The Kier molecular flexibility index (Phi) is 5.83. The van der Waals surface area contributed by atoms with Gasteiger partial charge >= 0.3 is 5.97 Å². The number of carbonyl (C=O) groups is 2. The molecule has 0 heterocycles. The van der Waals surface area contributed by atoms with Gasteiger partial charge in [-0.25, -0.2) is 4.79 Å². The van der Waals surface area contributed by atoms with E-state index in [9.17, 15) is 19.7 Å². The number of nitrogens with zero attached hydrogens (tertiary/aromatic N) is 1. The monoisotopic (exact) mass is 294 g/mol. The lowest BCUT2D eigenvalue weighted by molar-refractivity contribution is -0.384. The lowest BCUT2D eigenvalue weighted by Crippen LogP contribution is -2.44. The van der Waals surface area contributed by atoms with E-state index < -0.39 is 16.9 Å². The van der Waals surface area contributed by atoms with Gasteiger partial charge in [0.1, 0.15) is 6.04 Å². The zero-order valence-electron chi connectivity index (χ0n) is 12.2. The molecule has 0 aromatic heterocycles. The van der Waals surface area contributed by atoms with E-state index in [0.29, 0.717) is 5.56 Å². The van der Waals surface area contributed by atoms with Crippen LogP contribution in [0.2, 0.25) is 0 Å². The Morgan fingerprint density at radius 3 is 2.29 bits per heavy atom. The number of ether oxygens (including phenoxy) is 1. The molecule has 7 nitrogen and oxygen atoms in total. The lowest BCUT2D eigenvalue weighted by Gasteiger charge is -2.17. The van der Waals surface area contributed by atoms with Gasteiger partial charge in [0.2, 0.25) is 5.91 Å². The minimum atomic E-state index is -0.814. The van der Waals surface area contributed by atoms with Gasteiger partial charge in [-0.05, 0) is 5.56 Å². The summed E-state index contributed by atoms with van der Waals surface area (Å²) in [6.07, 6.45) is 0.211. The van der Waals surface area contributed by atoms with Gasteiger partial charge in [0, 0.05) is 24.5 Å². The van der Waals surface area contributed by atoms with Crippen LogP contribution in [0.25, 0.3) is 0 Å². The van der Waals surface area contributed by atoms with Gasteiger partial charge in [-0.1, -0.05) is 26.0 Å². The summed E-state index contributed by atoms with van der Waals surface area (Å²) >= 11 is 0. The van der Waals surface area contributed by atoms with E-state index >= 15 is 0 Å². The highest BCUT2D eigenvalue weighted by Gasteiger charge is 2.23. The van der Waals surface area contributed by atoms with Gasteiger partial charge in [0.05, 0.1) is 12.0 Å². The number of esters is 1. The number of amides is 1. The highest BCUT2D eigenvalue weighted by atomic mass is 16.6. The number of nitro benzene ring substituents is 1. The van der Waals surface area contributed by atoms with Crippen LogP contribution in [0.5, 0.6) is 0 Å². The number of methoxy groups -OCH3 is 1. The van der Waals surface area contributed by atoms with Gasteiger partial charge < -0.3 is 10.1 Å². The Balaban J connectivity index is 2.83. The number of benzene rings is 1. The fraction of sp³-hybridized carbons (Fsp3) is 0.429. The third-order valence-electron chi connectivity index (χ3n) is 2.91. The third-order valence-corrected chi connectivity index (χ3v) is 2.91. The Morgan fingerprint density at radius 1 is 1.29 bits per heavy atom. The molecule has 1 atom stereocenters. The van der Waals surface area contributed by atoms with Gasteiger partial charge in [-0.3, -0.25) is 14.9 Å². The quantitative estimate of drug-likeness (QED) is 0.486. The van der Waals surface area contributed by atoms with E-state index in [0.717, 1.165) is 0 Å². The van der Waals surface area contributed by atoms with Crippen LogP contribution in [-0.4, -0.2) is 30.0 Å². The average Bonchev–Trinajstić information content (AvgIpc) is 2.45. The zero-order chi connectivity index (χ0) is 16.0. The van der Waals surface area contributed by atoms with Crippen molar-refractivity contribution in [1.29, 1.82) is 0 Å². The zero-order valence-corrected chi connectivity index (χ0v) is 12.2. The topological polar surface area (TPSA) is 98.5 Å². The Hall–Kier alpha value is -2.44. The molecule has 1 N–H and O–H groups in total. The maximum Gasteiger partial charge on any atom is 0.328 e. The second-order valence-electron chi connectivity index (χ2n) is 4.87. The summed E-state index contributed by atoms with van der Waals surface area (Å²) in [6, 6.07) is 5.00. The molecule has 0 aliphatic heterocycles. The first-order chi connectivity index (χ1) is 9.85. The standard InChI is InChI=1S/C14H18N2O5/c1-9(2)13(17)15-12(14(18)21-3)8-10-4-6-11(7-5-10)16(19)20/h4-7,9,12H,8H2,1-3H3,(H,15,17)/t12-/m0/s1. The minimum absolute atomic E-state index is 0.0282. The van der Waals surface area contributed by atoms with E-state index in [1.807, 2.05) is 0 Å². The molecule has 114 valence electrons. The molecule has 0 unspecified atom stereocenters. The summed E-state index contributed by atoms with van der Waals surface area (Å²) < 4.78 is 4.67. The van der Waals surface area contributed by atoms with Crippen LogP contribution in [-0.2, 0) is 20.7 Å². The van der Waals surface area contributed by atoms with Crippen molar-refractivity contribution in [3.8, 4) is 0 Å². The van der Waals surface area contributed by atoms with Gasteiger partial charge in [0.15, 0.2) is 0 Å². The normalized spacial score (nSPS) is 11.8. The number of nitro groups is 1. The number of hydrogen-bond acceptors (Lipinski definition) is 5. The van der Waals surface area contributed by atoms with Gasteiger partial charge in [-0.15, -0.1) is 0 Å². The van der Waals surface area contributed by atoms with Crippen molar-refractivity contribution in [3.63, 3.8) is 0 Å². The highest BCUT2D eigenvalue weighted by Crippen LogP contribution is 2.13. The number of carbonyl (C=O) groups excluding carboxylic acids is 2. The molecule has 0 bridgehead atoms. The molecule has 0 saturated carbocycles. The van der Waals surface area contributed by atoms with Crippen LogP contribution in [0.4, 0.5) is 5.69 Å². The van der Waals surface area contributed by atoms with Crippen molar-refractivity contribution in [2.24, 2.45) is 5.92 Å². The van der Waals surface area contributed by atoms with E-state index in [2.05, 4.69) is 10.1 Å². The fourth-order valence-electron chi connectivity index (χ4n) is 1.66. The summed E-state index contributed by atoms with van der Waals surface area (Å²) in [4.78, 5) is 33.5. The molecule has 0 radical (unpaired) electrons. The molecule has 7 heteroatoms. The molecule has 1 rings (SSSR count).